The summed E-state index contributed by atoms with van der Waals surface area (Å²) in [5, 5.41) is 2.86. The van der Waals surface area contributed by atoms with Crippen LogP contribution in [0.2, 0.25) is 0 Å². The van der Waals surface area contributed by atoms with E-state index in [1.54, 1.807) is 45.0 Å². The number of anilines is 1. The SMILES string of the molecule is CC(C)(C)S(=O)(=O)Cc1cccc(NC(=O)C[C@@H]2CCC[C@H]2N)c1.Cl. The van der Waals surface area contributed by atoms with Gasteiger partial charge in [0.15, 0.2) is 9.84 Å². The van der Waals surface area contributed by atoms with Crippen LogP contribution in [0.1, 0.15) is 52.0 Å². The van der Waals surface area contributed by atoms with Gasteiger partial charge in [-0.2, -0.15) is 0 Å². The molecule has 2 rings (SSSR count). The van der Waals surface area contributed by atoms with Crippen molar-refractivity contribution >= 4 is 33.8 Å². The molecule has 0 saturated heterocycles. The van der Waals surface area contributed by atoms with Gasteiger partial charge >= 0.3 is 0 Å². The highest BCUT2D eigenvalue weighted by molar-refractivity contribution is 7.91. The van der Waals surface area contributed by atoms with Gasteiger partial charge in [-0.25, -0.2) is 8.42 Å². The Hall–Kier alpha value is -1.11. The van der Waals surface area contributed by atoms with Gasteiger partial charge in [-0.1, -0.05) is 18.6 Å². The van der Waals surface area contributed by atoms with Gasteiger partial charge in [0.25, 0.3) is 0 Å². The fraction of sp³-hybridized carbons (Fsp3) is 0.611. The Balaban J connectivity index is 0.00000312. The van der Waals surface area contributed by atoms with Crippen LogP contribution < -0.4 is 11.1 Å². The molecule has 0 aromatic heterocycles. The molecular weight excluding hydrogens is 360 g/mol. The van der Waals surface area contributed by atoms with Crippen molar-refractivity contribution in [2.45, 2.75) is 63.0 Å². The third kappa shape index (κ3) is 5.97. The van der Waals surface area contributed by atoms with Crippen LogP contribution in [-0.2, 0) is 20.4 Å². The van der Waals surface area contributed by atoms with Gasteiger partial charge in [0.2, 0.25) is 5.91 Å². The maximum atomic E-state index is 12.3. The van der Waals surface area contributed by atoms with Gasteiger partial charge < -0.3 is 11.1 Å². The van der Waals surface area contributed by atoms with E-state index in [-0.39, 0.29) is 36.0 Å². The van der Waals surface area contributed by atoms with E-state index in [9.17, 15) is 13.2 Å². The molecule has 0 aliphatic heterocycles. The fourth-order valence-corrected chi connectivity index (χ4v) is 4.00. The van der Waals surface area contributed by atoms with E-state index in [1.165, 1.54) is 0 Å². The zero-order valence-electron chi connectivity index (χ0n) is 15.1. The molecule has 142 valence electrons. The predicted octanol–water partition coefficient (Wildman–Crippen LogP) is 3.28. The van der Waals surface area contributed by atoms with Crippen molar-refractivity contribution in [3.63, 3.8) is 0 Å². The molecule has 7 heteroatoms. The summed E-state index contributed by atoms with van der Waals surface area (Å²) < 4.78 is 23.8. The first-order valence-corrected chi connectivity index (χ1v) is 10.1. The van der Waals surface area contributed by atoms with Crippen LogP contribution in [0.15, 0.2) is 24.3 Å². The normalized spacial score (nSPS) is 20.8. The number of benzene rings is 1. The zero-order valence-corrected chi connectivity index (χ0v) is 16.8. The van der Waals surface area contributed by atoms with Crippen molar-refractivity contribution in [3.8, 4) is 0 Å². The summed E-state index contributed by atoms with van der Waals surface area (Å²) in [5.74, 6) is 0.149. The molecule has 1 amide bonds. The molecule has 1 fully saturated rings. The molecule has 0 unspecified atom stereocenters. The lowest BCUT2D eigenvalue weighted by Crippen LogP contribution is -2.29. The third-order valence-electron chi connectivity index (χ3n) is 4.67. The second-order valence-corrected chi connectivity index (χ2v) is 10.4. The second-order valence-electron chi connectivity index (χ2n) is 7.68. The van der Waals surface area contributed by atoms with Gasteiger partial charge in [0, 0.05) is 18.2 Å². The van der Waals surface area contributed by atoms with Gasteiger partial charge in [-0.15, -0.1) is 12.4 Å². The molecule has 0 radical (unpaired) electrons. The van der Waals surface area contributed by atoms with Crippen molar-refractivity contribution in [1.82, 2.24) is 0 Å². The minimum Gasteiger partial charge on any atom is -0.327 e. The monoisotopic (exact) mass is 388 g/mol. The first kappa shape index (κ1) is 21.9. The average Bonchev–Trinajstić information content (AvgIpc) is 2.82. The summed E-state index contributed by atoms with van der Waals surface area (Å²) in [5.41, 5.74) is 7.32. The maximum absolute atomic E-state index is 12.3. The molecule has 0 heterocycles. The van der Waals surface area contributed by atoms with Crippen LogP contribution in [0, 0.1) is 5.92 Å². The molecular formula is C18H29ClN2O3S. The smallest absolute Gasteiger partial charge is 0.224 e. The first-order valence-electron chi connectivity index (χ1n) is 8.45. The number of nitrogens with two attached hydrogens (primary N) is 1. The number of rotatable bonds is 5. The minimum atomic E-state index is -3.25. The highest BCUT2D eigenvalue weighted by atomic mass is 35.5. The Morgan fingerprint density at radius 2 is 1.96 bits per heavy atom. The minimum absolute atomic E-state index is 0. The third-order valence-corrected chi connectivity index (χ3v) is 7.25. The lowest BCUT2D eigenvalue weighted by molar-refractivity contribution is -0.117. The number of amides is 1. The van der Waals surface area contributed by atoms with E-state index in [0.29, 0.717) is 17.7 Å². The topological polar surface area (TPSA) is 89.3 Å². The molecule has 1 aromatic rings. The van der Waals surface area contributed by atoms with Crippen molar-refractivity contribution in [1.29, 1.82) is 0 Å². The van der Waals surface area contributed by atoms with E-state index < -0.39 is 14.6 Å². The van der Waals surface area contributed by atoms with Crippen LogP contribution in [0.5, 0.6) is 0 Å². The quantitative estimate of drug-likeness (QED) is 0.809. The molecule has 3 N–H and O–H groups in total. The van der Waals surface area contributed by atoms with Gasteiger partial charge in [-0.05, 0) is 57.2 Å². The Morgan fingerprint density at radius 3 is 2.52 bits per heavy atom. The molecule has 25 heavy (non-hydrogen) atoms. The number of halogens is 1. The molecule has 0 bridgehead atoms. The predicted molar refractivity (Wildman–Crippen MR) is 105 cm³/mol. The lowest BCUT2D eigenvalue weighted by atomic mass is 10.00. The molecule has 1 saturated carbocycles. The Morgan fingerprint density at radius 1 is 1.28 bits per heavy atom. The number of sulfone groups is 1. The van der Waals surface area contributed by atoms with Crippen molar-refractivity contribution < 1.29 is 13.2 Å². The van der Waals surface area contributed by atoms with Crippen LogP contribution in [0.25, 0.3) is 0 Å². The standard InChI is InChI=1S/C18H28N2O3S.ClH/c1-18(2,3)24(22,23)12-13-6-4-8-15(10-13)20-17(21)11-14-7-5-9-16(14)19;/h4,6,8,10,14,16H,5,7,9,11-12,19H2,1-3H3,(H,20,21);1H/t14-,16+;/m0./s1. The summed E-state index contributed by atoms with van der Waals surface area (Å²) >= 11 is 0. The second kappa shape index (κ2) is 8.52. The van der Waals surface area contributed by atoms with Crippen molar-refractivity contribution in [3.05, 3.63) is 29.8 Å². The number of hydrogen-bond acceptors (Lipinski definition) is 4. The Bertz CT molecular complexity index is 699. The van der Waals surface area contributed by atoms with Crippen LogP contribution >= 0.6 is 12.4 Å². The molecule has 1 aliphatic rings. The maximum Gasteiger partial charge on any atom is 0.224 e. The van der Waals surface area contributed by atoms with Gasteiger partial charge in [0.1, 0.15) is 0 Å². The summed E-state index contributed by atoms with van der Waals surface area (Å²) in [4.78, 5) is 12.2. The molecule has 1 aromatic carbocycles. The number of hydrogen-bond donors (Lipinski definition) is 2. The lowest BCUT2D eigenvalue weighted by Gasteiger charge is -2.19. The average molecular weight is 389 g/mol. The largest absolute Gasteiger partial charge is 0.327 e. The summed E-state index contributed by atoms with van der Waals surface area (Å²) in [7, 11) is -3.25. The number of carbonyl (C=O) groups is 1. The van der Waals surface area contributed by atoms with E-state index in [4.69, 9.17) is 5.73 Å². The zero-order chi connectivity index (χ0) is 18.0. The van der Waals surface area contributed by atoms with Crippen molar-refractivity contribution in [2.24, 2.45) is 11.7 Å². The van der Waals surface area contributed by atoms with Gasteiger partial charge in [-0.3, -0.25) is 4.79 Å². The van der Waals surface area contributed by atoms with E-state index in [2.05, 4.69) is 5.32 Å². The number of carbonyl (C=O) groups excluding carboxylic acids is 1. The van der Waals surface area contributed by atoms with E-state index in [1.807, 2.05) is 0 Å². The molecule has 0 spiro atoms. The van der Waals surface area contributed by atoms with Crippen molar-refractivity contribution in [2.75, 3.05) is 5.32 Å². The van der Waals surface area contributed by atoms with E-state index >= 15 is 0 Å². The first-order chi connectivity index (χ1) is 11.1. The molecule has 5 nitrogen and oxygen atoms in total. The van der Waals surface area contributed by atoms with E-state index in [0.717, 1.165) is 19.3 Å². The fourth-order valence-electron chi connectivity index (χ4n) is 2.94. The highest BCUT2D eigenvalue weighted by Crippen LogP contribution is 2.27. The van der Waals surface area contributed by atoms with Crippen LogP contribution in [0.4, 0.5) is 5.69 Å². The Labute approximate surface area is 157 Å². The Kier molecular flexibility index (Phi) is 7.47. The summed E-state index contributed by atoms with van der Waals surface area (Å²) in [6.07, 6.45) is 3.49. The number of nitrogens with one attached hydrogen (secondary N) is 1. The summed E-state index contributed by atoms with van der Waals surface area (Å²) in [6, 6.07) is 7.16. The van der Waals surface area contributed by atoms with Gasteiger partial charge in [0.05, 0.1) is 10.5 Å². The summed E-state index contributed by atoms with van der Waals surface area (Å²) in [6.45, 7) is 5.08. The molecule has 1 aliphatic carbocycles. The van der Waals surface area contributed by atoms with Crippen LogP contribution in [0.3, 0.4) is 0 Å². The molecule has 2 atom stereocenters. The van der Waals surface area contributed by atoms with Crippen LogP contribution in [-0.4, -0.2) is 25.1 Å². The highest BCUT2D eigenvalue weighted by Gasteiger charge is 2.29.